The van der Waals surface area contributed by atoms with E-state index in [1.54, 1.807) is 11.1 Å². The summed E-state index contributed by atoms with van der Waals surface area (Å²) in [5.41, 5.74) is 1.28. The number of ketones is 1. The average molecular weight is 483 g/mol. The van der Waals surface area contributed by atoms with Gasteiger partial charge in [-0.1, -0.05) is 48.5 Å². The first-order valence-corrected chi connectivity index (χ1v) is 11.3. The fourth-order valence-corrected chi connectivity index (χ4v) is 5.67. The third-order valence-electron chi connectivity index (χ3n) is 7.17. The van der Waals surface area contributed by atoms with Gasteiger partial charge in [-0.3, -0.25) is 24.5 Å². The van der Waals surface area contributed by atoms with Crippen LogP contribution in [0.4, 0.5) is 15.8 Å². The van der Waals surface area contributed by atoms with Crippen molar-refractivity contribution in [2.75, 3.05) is 4.90 Å². The van der Waals surface area contributed by atoms with E-state index in [0.717, 1.165) is 16.0 Å². The van der Waals surface area contributed by atoms with E-state index in [0.29, 0.717) is 0 Å². The van der Waals surface area contributed by atoms with Crippen LogP contribution in [0.15, 0.2) is 79.0 Å². The lowest BCUT2D eigenvalue weighted by atomic mass is 9.83. The number of Topliss-reactive ketones (excluding diaryl/α,β-unsaturated/α-hetero) is 1. The number of benzene rings is 3. The zero-order chi connectivity index (χ0) is 25.1. The van der Waals surface area contributed by atoms with Crippen LogP contribution in [0.25, 0.3) is 6.08 Å². The Morgan fingerprint density at radius 2 is 1.64 bits per heavy atom. The van der Waals surface area contributed by atoms with Crippen molar-refractivity contribution in [1.29, 1.82) is 0 Å². The summed E-state index contributed by atoms with van der Waals surface area (Å²) in [7, 11) is 0. The molecule has 2 amide bonds. The van der Waals surface area contributed by atoms with Crippen molar-refractivity contribution in [2.24, 2.45) is 11.8 Å². The molecule has 3 aromatic rings. The number of hydrogen-bond acceptors (Lipinski definition) is 6. The van der Waals surface area contributed by atoms with Crippen LogP contribution < -0.4 is 4.90 Å². The predicted octanol–water partition coefficient (Wildman–Crippen LogP) is 4.13. The number of carbonyl (C=O) groups excluding carboxylic acids is 3. The van der Waals surface area contributed by atoms with Crippen LogP contribution in [-0.2, 0) is 9.59 Å². The maximum absolute atomic E-state index is 14.7. The monoisotopic (exact) mass is 483 g/mol. The largest absolute Gasteiger partial charge is 0.358 e. The number of amides is 2. The smallest absolute Gasteiger partial charge is 0.270 e. The predicted molar refractivity (Wildman–Crippen MR) is 127 cm³/mol. The quantitative estimate of drug-likeness (QED) is 0.239. The summed E-state index contributed by atoms with van der Waals surface area (Å²) in [5, 5.41) is 11.3. The molecule has 3 aromatic carbocycles. The fourth-order valence-electron chi connectivity index (χ4n) is 5.67. The molecule has 4 atom stereocenters. The summed E-state index contributed by atoms with van der Waals surface area (Å²) < 4.78 is 14.7. The minimum atomic E-state index is -1.10. The maximum atomic E-state index is 14.7. The van der Waals surface area contributed by atoms with Crippen LogP contribution >= 0.6 is 0 Å². The summed E-state index contributed by atoms with van der Waals surface area (Å²) in [6, 6.07) is 16.5. The highest BCUT2D eigenvalue weighted by Gasteiger charge is 2.64. The van der Waals surface area contributed by atoms with E-state index >= 15 is 0 Å². The first kappa shape index (κ1) is 21.8. The van der Waals surface area contributed by atoms with Gasteiger partial charge in [-0.15, -0.1) is 0 Å². The highest BCUT2D eigenvalue weighted by molar-refractivity contribution is 6.24. The highest BCUT2D eigenvalue weighted by Crippen LogP contribution is 2.53. The standard InChI is InChI=1S/C27H18FN3O5/c28-19-10-3-4-11-20(19)30-26(33)21-22(27(30)34)24(25(32)16-7-5-8-17(14-16)31(35)36)29-13-12-15-6-1-2-9-18(15)23(21)29/h1-14,21-24H/t21-,22-,23-,24+/m0/s1. The Balaban J connectivity index is 1.51. The van der Waals surface area contributed by atoms with Gasteiger partial charge in [0.25, 0.3) is 5.69 Å². The molecule has 0 aromatic heterocycles. The molecule has 8 nitrogen and oxygen atoms in total. The lowest BCUT2D eigenvalue weighted by Crippen LogP contribution is -2.44. The molecule has 3 aliphatic rings. The SMILES string of the molecule is O=C(c1cccc([N+](=O)[O-])c1)[C@H]1[C@H]2C(=O)N(c3ccccc3F)C(=O)[C@@H]2[C@@H]2c3ccccc3C=CN12. The lowest BCUT2D eigenvalue weighted by molar-refractivity contribution is -0.384. The molecule has 0 saturated carbocycles. The van der Waals surface area contributed by atoms with Crippen LogP contribution in [0, 0.1) is 27.8 Å². The molecule has 9 heteroatoms. The zero-order valence-electron chi connectivity index (χ0n) is 18.7. The third kappa shape index (κ3) is 3.02. The van der Waals surface area contributed by atoms with Gasteiger partial charge >= 0.3 is 0 Å². The molecule has 178 valence electrons. The molecule has 2 saturated heterocycles. The summed E-state index contributed by atoms with van der Waals surface area (Å²) in [6.45, 7) is 0. The molecule has 0 spiro atoms. The van der Waals surface area contributed by atoms with Gasteiger partial charge in [0, 0.05) is 23.9 Å². The number of nitrogens with zero attached hydrogens (tertiary/aromatic N) is 3. The van der Waals surface area contributed by atoms with E-state index in [9.17, 15) is 28.9 Å². The first-order valence-electron chi connectivity index (χ1n) is 11.3. The summed E-state index contributed by atoms with van der Waals surface area (Å²) in [5.74, 6) is -4.51. The molecule has 0 aliphatic carbocycles. The number of halogens is 1. The second kappa shape index (κ2) is 7.94. The topological polar surface area (TPSA) is 101 Å². The van der Waals surface area contributed by atoms with Crippen molar-refractivity contribution >= 4 is 35.0 Å². The number of carbonyl (C=O) groups is 3. The number of imide groups is 1. The van der Waals surface area contributed by atoms with Gasteiger partial charge < -0.3 is 4.90 Å². The zero-order valence-corrected chi connectivity index (χ0v) is 18.7. The molecule has 0 N–H and O–H groups in total. The van der Waals surface area contributed by atoms with E-state index in [-0.39, 0.29) is 16.9 Å². The van der Waals surface area contributed by atoms with Crippen molar-refractivity contribution < 1.29 is 23.7 Å². The first-order chi connectivity index (χ1) is 17.4. The minimum absolute atomic E-state index is 0.0606. The van der Waals surface area contributed by atoms with E-state index in [4.69, 9.17) is 0 Å². The number of nitro groups is 1. The Labute approximate surface area is 204 Å². The van der Waals surface area contributed by atoms with Crippen molar-refractivity contribution in [3.63, 3.8) is 0 Å². The van der Waals surface area contributed by atoms with Gasteiger partial charge in [-0.05, 0) is 29.3 Å². The molecular formula is C27H18FN3O5. The number of hydrogen-bond donors (Lipinski definition) is 0. The summed E-state index contributed by atoms with van der Waals surface area (Å²) in [4.78, 5) is 54.6. The molecule has 0 bridgehead atoms. The Morgan fingerprint density at radius 3 is 2.42 bits per heavy atom. The maximum Gasteiger partial charge on any atom is 0.270 e. The van der Waals surface area contributed by atoms with Crippen molar-refractivity contribution in [2.45, 2.75) is 12.1 Å². The normalized spacial score (nSPS) is 23.9. The average Bonchev–Trinajstić information content (AvgIpc) is 3.36. The van der Waals surface area contributed by atoms with Crippen LogP contribution in [-0.4, -0.2) is 33.5 Å². The molecule has 6 rings (SSSR count). The van der Waals surface area contributed by atoms with Crippen molar-refractivity contribution in [3.8, 4) is 0 Å². The molecule has 0 radical (unpaired) electrons. The number of non-ortho nitro benzene ring substituents is 1. The van der Waals surface area contributed by atoms with Crippen LogP contribution in [0.5, 0.6) is 0 Å². The van der Waals surface area contributed by atoms with Gasteiger partial charge in [0.2, 0.25) is 11.8 Å². The van der Waals surface area contributed by atoms with E-state index in [2.05, 4.69) is 0 Å². The van der Waals surface area contributed by atoms with Crippen molar-refractivity contribution in [3.05, 3.63) is 112 Å². The molecular weight excluding hydrogens is 465 g/mol. The molecule has 0 unspecified atom stereocenters. The minimum Gasteiger partial charge on any atom is -0.358 e. The number of anilines is 1. The Hall–Kier alpha value is -4.66. The second-order valence-corrected chi connectivity index (χ2v) is 8.97. The van der Waals surface area contributed by atoms with Crippen LogP contribution in [0.3, 0.4) is 0 Å². The van der Waals surface area contributed by atoms with Crippen molar-refractivity contribution in [1.82, 2.24) is 4.90 Å². The van der Waals surface area contributed by atoms with E-state index in [1.165, 1.54) is 48.5 Å². The molecule has 36 heavy (non-hydrogen) atoms. The number of rotatable bonds is 4. The fraction of sp³-hybridized carbons (Fsp3) is 0.148. The van der Waals surface area contributed by atoms with Crippen LogP contribution in [0.1, 0.15) is 27.5 Å². The number of para-hydroxylation sites is 1. The van der Waals surface area contributed by atoms with E-state index in [1.807, 2.05) is 30.3 Å². The molecule has 3 heterocycles. The summed E-state index contributed by atoms with van der Waals surface area (Å²) >= 11 is 0. The van der Waals surface area contributed by atoms with Gasteiger partial charge in [-0.2, -0.15) is 0 Å². The number of nitro benzene ring substituents is 1. The van der Waals surface area contributed by atoms with E-state index < -0.39 is 52.3 Å². The van der Waals surface area contributed by atoms with Gasteiger partial charge in [0.05, 0.1) is 28.5 Å². The van der Waals surface area contributed by atoms with Crippen LogP contribution in [0.2, 0.25) is 0 Å². The van der Waals surface area contributed by atoms with Gasteiger partial charge in [-0.25, -0.2) is 9.29 Å². The molecule has 3 aliphatic heterocycles. The summed E-state index contributed by atoms with van der Waals surface area (Å²) in [6.07, 6.45) is 3.50. The molecule has 2 fully saturated rings. The third-order valence-corrected chi connectivity index (χ3v) is 7.17. The van der Waals surface area contributed by atoms with Gasteiger partial charge in [0.15, 0.2) is 5.78 Å². The highest BCUT2D eigenvalue weighted by atomic mass is 19.1. The Kier molecular flexibility index (Phi) is 4.82. The second-order valence-electron chi connectivity index (χ2n) is 8.97. The lowest BCUT2D eigenvalue weighted by Gasteiger charge is -2.35. The van der Waals surface area contributed by atoms with Gasteiger partial charge in [0.1, 0.15) is 11.9 Å². The Morgan fingerprint density at radius 1 is 0.917 bits per heavy atom. The number of fused-ring (bicyclic) bond motifs is 5. The Bertz CT molecular complexity index is 1500.